The van der Waals surface area contributed by atoms with E-state index in [1.807, 2.05) is 6.92 Å². The van der Waals surface area contributed by atoms with E-state index in [2.05, 4.69) is 14.9 Å². The number of anilines is 1. The van der Waals surface area contributed by atoms with Gasteiger partial charge in [-0.05, 0) is 19.8 Å². The third-order valence-electron chi connectivity index (χ3n) is 2.80. The van der Waals surface area contributed by atoms with E-state index >= 15 is 0 Å². The average molecular weight is 227 g/mol. The van der Waals surface area contributed by atoms with Crippen molar-refractivity contribution in [2.45, 2.75) is 25.8 Å². The third kappa shape index (κ3) is 2.06. The number of aryl methyl sites for hydroxylation is 1. The molecule has 0 bridgehead atoms. The van der Waals surface area contributed by atoms with Crippen molar-refractivity contribution in [2.24, 2.45) is 5.73 Å². The minimum Gasteiger partial charge on any atom is -0.337 e. The highest BCUT2D eigenvalue weighted by atomic mass is 35.5. The Morgan fingerprint density at radius 3 is 3.13 bits per heavy atom. The quantitative estimate of drug-likeness (QED) is 0.774. The number of halogens is 1. The van der Waals surface area contributed by atoms with E-state index in [-0.39, 0.29) is 0 Å². The van der Waals surface area contributed by atoms with E-state index in [0.717, 1.165) is 24.9 Å². The van der Waals surface area contributed by atoms with Gasteiger partial charge in [0.15, 0.2) is 0 Å². The van der Waals surface area contributed by atoms with Gasteiger partial charge in [0.25, 0.3) is 0 Å². The van der Waals surface area contributed by atoms with Crippen LogP contribution in [0.3, 0.4) is 0 Å². The zero-order valence-corrected chi connectivity index (χ0v) is 9.54. The van der Waals surface area contributed by atoms with Crippen LogP contribution in [0, 0.1) is 6.92 Å². The molecule has 1 aliphatic heterocycles. The molecule has 1 aromatic rings. The molecular formula is C10H15ClN4. The highest BCUT2D eigenvalue weighted by Gasteiger charge is 2.25. The second-order valence-electron chi connectivity index (χ2n) is 3.87. The van der Waals surface area contributed by atoms with Crippen LogP contribution in [-0.2, 0) is 0 Å². The number of hydrogen-bond donors (Lipinski definition) is 1. The van der Waals surface area contributed by atoms with Crippen LogP contribution in [0.5, 0.6) is 0 Å². The van der Waals surface area contributed by atoms with Crippen LogP contribution in [0.4, 0.5) is 5.95 Å². The third-order valence-corrected chi connectivity index (χ3v) is 3.19. The summed E-state index contributed by atoms with van der Waals surface area (Å²) in [6, 6.07) is 0.365. The maximum absolute atomic E-state index is 5.97. The maximum atomic E-state index is 5.97. The van der Waals surface area contributed by atoms with Gasteiger partial charge < -0.3 is 10.6 Å². The van der Waals surface area contributed by atoms with Crippen molar-refractivity contribution in [2.75, 3.05) is 18.0 Å². The number of hydrogen-bond acceptors (Lipinski definition) is 4. The van der Waals surface area contributed by atoms with Gasteiger partial charge in [-0.15, -0.1) is 0 Å². The molecule has 15 heavy (non-hydrogen) atoms. The maximum Gasteiger partial charge on any atom is 0.227 e. The summed E-state index contributed by atoms with van der Waals surface area (Å²) in [5.41, 5.74) is 6.61. The van der Waals surface area contributed by atoms with E-state index in [4.69, 9.17) is 17.3 Å². The van der Waals surface area contributed by atoms with Crippen LogP contribution in [0.1, 0.15) is 18.4 Å². The van der Waals surface area contributed by atoms with Crippen molar-refractivity contribution in [1.29, 1.82) is 0 Å². The summed E-state index contributed by atoms with van der Waals surface area (Å²) >= 11 is 5.97. The van der Waals surface area contributed by atoms with Gasteiger partial charge >= 0.3 is 0 Å². The molecule has 0 aromatic carbocycles. The Morgan fingerprint density at radius 1 is 1.67 bits per heavy atom. The summed E-state index contributed by atoms with van der Waals surface area (Å²) in [7, 11) is 0. The van der Waals surface area contributed by atoms with Gasteiger partial charge in [0.1, 0.15) is 5.15 Å². The minimum atomic E-state index is 0.365. The average Bonchev–Trinajstić information content (AvgIpc) is 2.70. The van der Waals surface area contributed by atoms with Crippen LogP contribution >= 0.6 is 11.6 Å². The summed E-state index contributed by atoms with van der Waals surface area (Å²) in [5, 5.41) is 0.530. The van der Waals surface area contributed by atoms with Crippen LogP contribution in [0.2, 0.25) is 5.15 Å². The lowest BCUT2D eigenvalue weighted by Crippen LogP contribution is -2.36. The SMILES string of the molecule is Cc1cnc(N2CCCC2CN)nc1Cl. The van der Waals surface area contributed by atoms with Crippen LogP contribution in [0.25, 0.3) is 0 Å². The number of nitrogens with two attached hydrogens (primary N) is 1. The first kappa shape index (κ1) is 10.6. The predicted octanol–water partition coefficient (Wildman–Crippen LogP) is 1.37. The molecule has 0 radical (unpaired) electrons. The predicted molar refractivity (Wildman–Crippen MR) is 61.2 cm³/mol. The number of nitrogens with zero attached hydrogens (tertiary/aromatic N) is 3. The fourth-order valence-corrected chi connectivity index (χ4v) is 2.02. The Labute approximate surface area is 94.5 Å². The van der Waals surface area contributed by atoms with Gasteiger partial charge in [-0.1, -0.05) is 11.6 Å². The lowest BCUT2D eigenvalue weighted by atomic mass is 10.2. The standard InChI is InChI=1S/C10H15ClN4/c1-7-6-13-10(14-9(7)11)15-4-2-3-8(15)5-12/h6,8H,2-5,12H2,1H3. The smallest absolute Gasteiger partial charge is 0.227 e. The largest absolute Gasteiger partial charge is 0.337 e. The molecule has 1 fully saturated rings. The van der Waals surface area contributed by atoms with E-state index in [1.165, 1.54) is 0 Å². The zero-order chi connectivity index (χ0) is 10.8. The molecule has 2 heterocycles. The van der Waals surface area contributed by atoms with Crippen molar-refractivity contribution in [1.82, 2.24) is 9.97 Å². The monoisotopic (exact) mass is 226 g/mol. The van der Waals surface area contributed by atoms with Crippen LogP contribution < -0.4 is 10.6 Å². The molecule has 2 rings (SSSR count). The van der Waals surface area contributed by atoms with E-state index in [1.54, 1.807) is 6.20 Å². The Bertz CT molecular complexity index is 355. The van der Waals surface area contributed by atoms with E-state index in [9.17, 15) is 0 Å². The highest BCUT2D eigenvalue weighted by molar-refractivity contribution is 6.30. The molecular weight excluding hydrogens is 212 g/mol. The summed E-state index contributed by atoms with van der Waals surface area (Å²) in [4.78, 5) is 10.7. The Morgan fingerprint density at radius 2 is 2.47 bits per heavy atom. The van der Waals surface area contributed by atoms with Gasteiger partial charge in [-0.25, -0.2) is 9.97 Å². The molecule has 0 amide bonds. The normalized spacial score (nSPS) is 21.0. The van der Waals surface area contributed by atoms with E-state index in [0.29, 0.717) is 23.7 Å². The zero-order valence-electron chi connectivity index (χ0n) is 8.78. The summed E-state index contributed by atoms with van der Waals surface area (Å²) in [6.07, 6.45) is 4.03. The second kappa shape index (κ2) is 4.33. The summed E-state index contributed by atoms with van der Waals surface area (Å²) in [5.74, 6) is 0.707. The molecule has 2 N–H and O–H groups in total. The first-order valence-electron chi connectivity index (χ1n) is 5.18. The number of aromatic nitrogens is 2. The van der Waals surface area contributed by atoms with Gasteiger partial charge in [0, 0.05) is 30.9 Å². The Balaban J connectivity index is 2.25. The van der Waals surface area contributed by atoms with E-state index < -0.39 is 0 Å². The van der Waals surface area contributed by atoms with Gasteiger partial charge in [-0.3, -0.25) is 0 Å². The molecule has 1 aromatic heterocycles. The number of rotatable bonds is 2. The second-order valence-corrected chi connectivity index (χ2v) is 4.23. The first-order valence-corrected chi connectivity index (χ1v) is 5.56. The van der Waals surface area contributed by atoms with Crippen molar-refractivity contribution in [3.8, 4) is 0 Å². The van der Waals surface area contributed by atoms with Crippen molar-refractivity contribution < 1.29 is 0 Å². The van der Waals surface area contributed by atoms with Crippen LogP contribution in [0.15, 0.2) is 6.20 Å². The lowest BCUT2D eigenvalue weighted by molar-refractivity contribution is 0.664. The molecule has 1 atom stereocenters. The van der Waals surface area contributed by atoms with Crippen LogP contribution in [-0.4, -0.2) is 29.1 Å². The molecule has 4 nitrogen and oxygen atoms in total. The molecule has 0 spiro atoms. The van der Waals surface area contributed by atoms with Crippen molar-refractivity contribution in [3.05, 3.63) is 16.9 Å². The molecule has 1 saturated heterocycles. The molecule has 0 aliphatic carbocycles. The van der Waals surface area contributed by atoms with Gasteiger partial charge in [-0.2, -0.15) is 0 Å². The minimum absolute atomic E-state index is 0.365. The fraction of sp³-hybridized carbons (Fsp3) is 0.600. The molecule has 1 unspecified atom stereocenters. The molecule has 82 valence electrons. The molecule has 5 heteroatoms. The summed E-state index contributed by atoms with van der Waals surface area (Å²) < 4.78 is 0. The summed E-state index contributed by atoms with van der Waals surface area (Å²) in [6.45, 7) is 3.52. The topological polar surface area (TPSA) is 55.0 Å². The Kier molecular flexibility index (Phi) is 3.07. The first-order chi connectivity index (χ1) is 7.22. The van der Waals surface area contributed by atoms with Gasteiger partial charge in [0.2, 0.25) is 5.95 Å². The van der Waals surface area contributed by atoms with Gasteiger partial charge in [0.05, 0.1) is 0 Å². The van der Waals surface area contributed by atoms with Crippen molar-refractivity contribution >= 4 is 17.5 Å². The Hall–Kier alpha value is -0.870. The fourth-order valence-electron chi connectivity index (χ4n) is 1.90. The lowest BCUT2D eigenvalue weighted by Gasteiger charge is -2.23. The molecule has 1 aliphatic rings. The molecule has 0 saturated carbocycles. The highest BCUT2D eigenvalue weighted by Crippen LogP contribution is 2.23. The van der Waals surface area contributed by atoms with Crippen molar-refractivity contribution in [3.63, 3.8) is 0 Å².